The summed E-state index contributed by atoms with van der Waals surface area (Å²) >= 11 is 1.74. The van der Waals surface area contributed by atoms with Gasteiger partial charge in [0.1, 0.15) is 0 Å². The van der Waals surface area contributed by atoms with Crippen molar-refractivity contribution in [2.24, 2.45) is 5.92 Å². The van der Waals surface area contributed by atoms with E-state index in [1.807, 2.05) is 0 Å². The molecule has 0 amide bonds. The van der Waals surface area contributed by atoms with Gasteiger partial charge in [-0.2, -0.15) is 11.1 Å². The maximum Gasteiger partial charge on any atom is -0.147 e. The molecule has 1 unspecified atom stereocenters. The van der Waals surface area contributed by atoms with Crippen molar-refractivity contribution in [2.45, 2.75) is 67.0 Å². The van der Waals surface area contributed by atoms with Crippen molar-refractivity contribution in [1.82, 2.24) is 0 Å². The van der Waals surface area contributed by atoms with E-state index in [1.54, 1.807) is 23.3 Å². The molecule has 0 aromatic heterocycles. The number of allylic oxidation sites excluding steroid dienone is 4. The first kappa shape index (κ1) is 33.2. The summed E-state index contributed by atoms with van der Waals surface area (Å²) in [6.45, 7) is 20.1. The second kappa shape index (κ2) is 14.7. The van der Waals surface area contributed by atoms with Crippen LogP contribution in [0, 0.1) is 12.0 Å². The summed E-state index contributed by atoms with van der Waals surface area (Å²) in [6.07, 6.45) is 3.36. The molecular weight excluding hydrogens is 551 g/mol. The molecule has 0 bridgehead atoms. The second-order valence-electron chi connectivity index (χ2n) is 9.96. The van der Waals surface area contributed by atoms with Crippen molar-refractivity contribution in [2.75, 3.05) is 0 Å². The van der Waals surface area contributed by atoms with Gasteiger partial charge in [-0.05, 0) is 11.0 Å². The summed E-state index contributed by atoms with van der Waals surface area (Å²) in [5, 5.41) is 2.66. The molecule has 0 saturated carbocycles. The monoisotopic (exact) mass is 588 g/mol. The molecule has 1 atom stereocenters. The van der Waals surface area contributed by atoms with Gasteiger partial charge in [-0.25, -0.2) is 5.57 Å². The van der Waals surface area contributed by atoms with E-state index in [1.165, 1.54) is 44.2 Å². The Bertz CT molecular complexity index is 1140. The van der Waals surface area contributed by atoms with Crippen molar-refractivity contribution in [3.05, 3.63) is 89.0 Å². The topological polar surface area (TPSA) is 0 Å². The molecule has 0 radical (unpaired) electrons. The number of halogens is 2. The molecule has 0 fully saturated rings. The fraction of sp³-hybridized carbons (Fsp3) is 0.367. The summed E-state index contributed by atoms with van der Waals surface area (Å²) < 4.78 is 0. The zero-order chi connectivity index (χ0) is 24.1. The number of fused-ring (bicyclic) bond motifs is 1. The van der Waals surface area contributed by atoms with Crippen LogP contribution < -0.4 is 0 Å². The normalized spacial score (nSPS) is 14.7. The molecule has 0 spiro atoms. The third-order valence-corrected chi connectivity index (χ3v) is 5.96. The van der Waals surface area contributed by atoms with Crippen molar-refractivity contribution >= 4 is 41.0 Å². The van der Waals surface area contributed by atoms with E-state index in [0.29, 0.717) is 5.92 Å². The van der Waals surface area contributed by atoms with Crippen LogP contribution in [0.25, 0.3) is 21.9 Å². The van der Waals surface area contributed by atoms with E-state index in [-0.39, 0.29) is 35.7 Å². The smallest absolute Gasteiger partial charge is 0.147 e. The van der Waals surface area contributed by atoms with Crippen molar-refractivity contribution in [3.63, 3.8) is 0 Å². The summed E-state index contributed by atoms with van der Waals surface area (Å²) in [5.74, 6) is 0.560. The molecule has 3 aromatic rings. The van der Waals surface area contributed by atoms with Gasteiger partial charge in [0.15, 0.2) is 0 Å². The summed E-state index contributed by atoms with van der Waals surface area (Å²) in [7, 11) is 0. The Labute approximate surface area is 235 Å². The first-order chi connectivity index (χ1) is 14.9. The van der Waals surface area contributed by atoms with Gasteiger partial charge in [-0.3, -0.25) is 6.08 Å². The van der Waals surface area contributed by atoms with Crippen LogP contribution in [0.1, 0.15) is 54.0 Å². The van der Waals surface area contributed by atoms with Crippen molar-refractivity contribution in [3.8, 4) is 11.1 Å². The molecule has 1 aliphatic carbocycles. The van der Waals surface area contributed by atoms with Crippen molar-refractivity contribution < 1.29 is 23.3 Å². The van der Waals surface area contributed by atoms with E-state index >= 15 is 0 Å². The van der Waals surface area contributed by atoms with Crippen LogP contribution in [0.2, 0.25) is 13.1 Å². The average molecular weight is 591 g/mol. The van der Waals surface area contributed by atoms with Crippen LogP contribution in [0.15, 0.2) is 77.4 Å². The fourth-order valence-corrected chi connectivity index (χ4v) is 3.72. The van der Waals surface area contributed by atoms with Crippen LogP contribution in [-0.4, -0.2) is 5.43 Å². The van der Waals surface area contributed by atoms with Gasteiger partial charge in [0, 0.05) is 0 Å². The zero-order valence-corrected chi connectivity index (χ0v) is 27.3. The Hall–Kier alpha value is -0.790. The first-order valence-corrected chi connectivity index (χ1v) is 17.7. The van der Waals surface area contributed by atoms with Gasteiger partial charge in [0.25, 0.3) is 0 Å². The minimum Gasteiger partial charge on any atom is -0.147 e. The quantitative estimate of drug-likeness (QED) is 0.195. The van der Waals surface area contributed by atoms with Crippen LogP contribution in [0.3, 0.4) is 0 Å². The van der Waals surface area contributed by atoms with Crippen LogP contribution in [0.5, 0.6) is 0 Å². The molecule has 0 heterocycles. The van der Waals surface area contributed by atoms with Crippen molar-refractivity contribution in [1.29, 1.82) is 0 Å². The zero-order valence-electron chi connectivity index (χ0n) is 22.2. The maximum absolute atomic E-state index is 3.36. The number of hydrogen-bond acceptors (Lipinski definition) is 0. The third kappa shape index (κ3) is 9.34. The standard InChI is InChI=1S/C19H19.C9H13.C2H6Si.2ClH.Zr/c1-19(2,3)16-9-6-8-15(13-16)18-12-11-14-7-4-5-10-17(14)18;1-6-5-7(2)9(4)8(6)3;1-3-2;;;/h4-13H,1-3H3;6H,1-4H3;1-2H3;2*1H;/q2*-1;;;;+2. The molecule has 4 heteroatoms. The van der Waals surface area contributed by atoms with Gasteiger partial charge in [0.05, 0.1) is 0 Å². The van der Waals surface area contributed by atoms with E-state index in [0.717, 1.165) is 0 Å². The average Bonchev–Trinajstić information content (AvgIpc) is 3.24. The largest absolute Gasteiger partial charge is 0.147 e. The van der Waals surface area contributed by atoms with E-state index in [9.17, 15) is 0 Å². The Morgan fingerprint density at radius 3 is 2.00 bits per heavy atom. The number of hydrogen-bond donors (Lipinski definition) is 0. The Morgan fingerprint density at radius 2 is 1.53 bits per heavy atom. The van der Waals surface area contributed by atoms with E-state index in [4.69, 9.17) is 0 Å². The molecule has 0 saturated heterocycles. The van der Waals surface area contributed by atoms with E-state index in [2.05, 4.69) is 128 Å². The molecule has 1 aliphatic rings. The van der Waals surface area contributed by atoms with Gasteiger partial charge < -0.3 is 0 Å². The predicted octanol–water partition coefficient (Wildman–Crippen LogP) is 9.87. The van der Waals surface area contributed by atoms with Crippen LogP contribution >= 0.6 is 24.8 Å². The molecule has 34 heavy (non-hydrogen) atoms. The minimum atomic E-state index is 0. The summed E-state index contributed by atoms with van der Waals surface area (Å²) in [4.78, 5) is 0. The van der Waals surface area contributed by atoms with Gasteiger partial charge >= 0.3 is 41.9 Å². The minimum absolute atomic E-state index is 0. The molecular formula is C30H40Cl2SiZr. The molecule has 4 rings (SSSR count). The summed E-state index contributed by atoms with van der Waals surface area (Å²) in [6, 6.07) is 21.9. The second-order valence-corrected chi connectivity index (χ2v) is 19.3. The molecule has 182 valence electrons. The number of benzene rings is 2. The fourth-order valence-electron chi connectivity index (χ4n) is 3.72. The Balaban J connectivity index is 0.000000614. The van der Waals surface area contributed by atoms with Crippen LogP contribution in [-0.2, 0) is 28.8 Å². The third-order valence-electron chi connectivity index (χ3n) is 5.96. The van der Waals surface area contributed by atoms with Gasteiger partial charge in [-0.15, -0.1) is 78.4 Å². The predicted molar refractivity (Wildman–Crippen MR) is 156 cm³/mol. The Morgan fingerprint density at radius 1 is 0.941 bits per heavy atom. The molecule has 3 aromatic carbocycles. The number of rotatable bonds is 1. The SMILES string of the molecule is CC(C)(C)c1cccc(-c2c[cH-]c3ccccc23)c1.CC1=[C-]C(C)C(C)=C1C.C[Si](C)=[Zr+2].Cl.Cl. The molecule has 0 aliphatic heterocycles. The maximum atomic E-state index is 3.36. The molecule has 0 N–H and O–H groups in total. The van der Waals surface area contributed by atoms with Gasteiger partial charge in [0.2, 0.25) is 0 Å². The first-order valence-electron chi connectivity index (χ1n) is 11.5. The Kier molecular flexibility index (Phi) is 14.4. The van der Waals surface area contributed by atoms with Crippen LogP contribution in [0.4, 0.5) is 0 Å². The molecule has 0 nitrogen and oxygen atoms in total. The van der Waals surface area contributed by atoms with E-state index < -0.39 is 0 Å². The van der Waals surface area contributed by atoms with Gasteiger partial charge in [-0.1, -0.05) is 83.4 Å². The summed E-state index contributed by atoms with van der Waals surface area (Å²) in [5.41, 5.74) is 8.68.